The molecule has 102 valence electrons. The van der Waals surface area contributed by atoms with E-state index >= 15 is 0 Å². The quantitative estimate of drug-likeness (QED) is 0.788. The van der Waals surface area contributed by atoms with Crippen molar-refractivity contribution in [2.75, 3.05) is 0 Å². The van der Waals surface area contributed by atoms with E-state index in [1.54, 1.807) is 6.92 Å². The minimum atomic E-state index is -4.45. The van der Waals surface area contributed by atoms with Crippen LogP contribution in [0.25, 0.3) is 11.4 Å². The second-order valence-electron chi connectivity index (χ2n) is 3.52. The molecule has 19 heavy (non-hydrogen) atoms. The van der Waals surface area contributed by atoms with Gasteiger partial charge in [-0.15, -0.1) is 5.10 Å². The molecule has 0 fully saturated rings. The minimum absolute atomic E-state index is 0.111. The van der Waals surface area contributed by atoms with E-state index in [2.05, 4.69) is 15.2 Å². The fourth-order valence-corrected chi connectivity index (χ4v) is 1.42. The predicted molar refractivity (Wildman–Crippen MR) is 66.4 cm³/mol. The molecular weight excluding hydrogens is 255 g/mol. The standard InChI is InChI=1S/C11H8F3N3.C2H6/c1-7-5-8(11(12,13)14)10(15-6-7)9-3-2-4-16-17-9;1-2/h2-6H,1H3;1-2H3. The van der Waals surface area contributed by atoms with Crippen LogP contribution in [0.5, 0.6) is 0 Å². The van der Waals surface area contributed by atoms with Crippen molar-refractivity contribution in [3.8, 4) is 11.4 Å². The monoisotopic (exact) mass is 269 g/mol. The molecule has 2 rings (SSSR count). The molecule has 2 aromatic heterocycles. The zero-order chi connectivity index (χ0) is 14.5. The third-order valence-corrected chi connectivity index (χ3v) is 2.14. The Morgan fingerprint density at radius 1 is 1.16 bits per heavy atom. The molecule has 0 atom stereocenters. The number of aryl methyl sites for hydroxylation is 1. The van der Waals surface area contributed by atoms with Crippen molar-refractivity contribution < 1.29 is 13.2 Å². The molecule has 0 aromatic carbocycles. The van der Waals surface area contributed by atoms with E-state index in [1.807, 2.05) is 13.8 Å². The first-order valence-electron chi connectivity index (χ1n) is 5.80. The molecule has 0 aliphatic carbocycles. The molecule has 6 heteroatoms. The Kier molecular flexibility index (Phi) is 4.97. The summed E-state index contributed by atoms with van der Waals surface area (Å²) in [6.07, 6.45) is -1.68. The summed E-state index contributed by atoms with van der Waals surface area (Å²) in [5, 5.41) is 7.19. The SMILES string of the molecule is CC.Cc1cnc(-c2cccnn2)c(C(F)(F)F)c1. The van der Waals surface area contributed by atoms with Crippen molar-refractivity contribution in [1.29, 1.82) is 0 Å². The van der Waals surface area contributed by atoms with Crippen LogP contribution in [0.1, 0.15) is 25.0 Å². The highest BCUT2D eigenvalue weighted by Crippen LogP contribution is 2.35. The van der Waals surface area contributed by atoms with Crippen LogP contribution in [0.4, 0.5) is 13.2 Å². The molecule has 0 spiro atoms. The summed E-state index contributed by atoms with van der Waals surface area (Å²) < 4.78 is 38.5. The molecule has 2 heterocycles. The lowest BCUT2D eigenvalue weighted by Gasteiger charge is -2.11. The molecule has 0 saturated carbocycles. The van der Waals surface area contributed by atoms with Gasteiger partial charge in [-0.25, -0.2) is 0 Å². The maximum atomic E-state index is 12.8. The van der Waals surface area contributed by atoms with E-state index in [1.165, 1.54) is 24.5 Å². The molecule has 3 nitrogen and oxygen atoms in total. The van der Waals surface area contributed by atoms with Crippen molar-refractivity contribution in [1.82, 2.24) is 15.2 Å². The highest BCUT2D eigenvalue weighted by Gasteiger charge is 2.35. The Morgan fingerprint density at radius 3 is 2.37 bits per heavy atom. The highest BCUT2D eigenvalue weighted by atomic mass is 19.4. The summed E-state index contributed by atoms with van der Waals surface area (Å²) in [7, 11) is 0. The summed E-state index contributed by atoms with van der Waals surface area (Å²) in [6, 6.07) is 4.01. The zero-order valence-electron chi connectivity index (χ0n) is 10.9. The average molecular weight is 269 g/mol. The fourth-order valence-electron chi connectivity index (χ4n) is 1.42. The number of hydrogen-bond donors (Lipinski definition) is 0. The van der Waals surface area contributed by atoms with Gasteiger partial charge in [-0.05, 0) is 30.7 Å². The molecule has 0 unspecified atom stereocenters. The Bertz CT molecular complexity index is 524. The zero-order valence-corrected chi connectivity index (χ0v) is 10.9. The van der Waals surface area contributed by atoms with Gasteiger partial charge in [0, 0.05) is 12.4 Å². The van der Waals surface area contributed by atoms with Crippen molar-refractivity contribution in [3.05, 3.63) is 41.7 Å². The van der Waals surface area contributed by atoms with Crippen molar-refractivity contribution >= 4 is 0 Å². The Morgan fingerprint density at radius 2 is 1.84 bits per heavy atom. The molecule has 0 radical (unpaired) electrons. The van der Waals surface area contributed by atoms with E-state index in [0.717, 1.165) is 6.07 Å². The highest BCUT2D eigenvalue weighted by molar-refractivity contribution is 5.59. The number of aromatic nitrogens is 3. The smallest absolute Gasteiger partial charge is 0.254 e. The molecule has 0 saturated heterocycles. The molecular formula is C13H14F3N3. The fraction of sp³-hybridized carbons (Fsp3) is 0.308. The first-order valence-corrected chi connectivity index (χ1v) is 5.80. The predicted octanol–water partition coefficient (Wildman–Crippen LogP) is 3.89. The van der Waals surface area contributed by atoms with Crippen molar-refractivity contribution in [2.45, 2.75) is 26.9 Å². The minimum Gasteiger partial charge on any atom is -0.254 e. The van der Waals surface area contributed by atoms with Gasteiger partial charge in [0.2, 0.25) is 0 Å². The second-order valence-corrected chi connectivity index (χ2v) is 3.52. The first-order chi connectivity index (χ1) is 8.98. The van der Waals surface area contributed by atoms with Crippen LogP contribution in [0.3, 0.4) is 0 Å². The first kappa shape index (κ1) is 15.1. The van der Waals surface area contributed by atoms with Gasteiger partial charge >= 0.3 is 6.18 Å². The molecule has 0 N–H and O–H groups in total. The average Bonchev–Trinajstić information content (AvgIpc) is 2.41. The normalized spacial score (nSPS) is 10.6. The van der Waals surface area contributed by atoms with Crippen LogP contribution in [0.2, 0.25) is 0 Å². The maximum absolute atomic E-state index is 12.8. The third-order valence-electron chi connectivity index (χ3n) is 2.14. The van der Waals surface area contributed by atoms with Crippen molar-refractivity contribution in [3.63, 3.8) is 0 Å². The van der Waals surface area contributed by atoms with E-state index < -0.39 is 11.7 Å². The number of hydrogen-bond acceptors (Lipinski definition) is 3. The van der Waals surface area contributed by atoms with Gasteiger partial charge in [0.25, 0.3) is 0 Å². The number of rotatable bonds is 1. The summed E-state index contributed by atoms with van der Waals surface area (Å²) >= 11 is 0. The van der Waals surface area contributed by atoms with Crippen LogP contribution in [-0.4, -0.2) is 15.2 Å². The summed E-state index contributed by atoms with van der Waals surface area (Å²) in [4.78, 5) is 3.79. The van der Waals surface area contributed by atoms with Gasteiger partial charge < -0.3 is 0 Å². The lowest BCUT2D eigenvalue weighted by molar-refractivity contribution is -0.137. The second kappa shape index (κ2) is 6.26. The number of alkyl halides is 3. The van der Waals surface area contributed by atoms with Crippen LogP contribution in [-0.2, 0) is 6.18 Å². The molecule has 0 bridgehead atoms. The number of nitrogens with zero attached hydrogens (tertiary/aromatic N) is 3. The number of halogens is 3. The summed E-state index contributed by atoms with van der Waals surface area (Å²) in [6.45, 7) is 5.56. The van der Waals surface area contributed by atoms with E-state index in [-0.39, 0.29) is 11.4 Å². The van der Waals surface area contributed by atoms with Gasteiger partial charge in [-0.2, -0.15) is 18.3 Å². The van der Waals surface area contributed by atoms with Gasteiger partial charge in [0.15, 0.2) is 0 Å². The van der Waals surface area contributed by atoms with Gasteiger partial charge in [-0.1, -0.05) is 13.8 Å². The van der Waals surface area contributed by atoms with Crippen LogP contribution in [0, 0.1) is 6.92 Å². The molecule has 0 aliphatic heterocycles. The van der Waals surface area contributed by atoms with Crippen molar-refractivity contribution in [2.24, 2.45) is 0 Å². The number of pyridine rings is 1. The lowest BCUT2D eigenvalue weighted by atomic mass is 10.1. The third kappa shape index (κ3) is 3.74. The topological polar surface area (TPSA) is 38.7 Å². The maximum Gasteiger partial charge on any atom is 0.418 e. The molecule has 0 amide bonds. The Hall–Kier alpha value is -1.98. The van der Waals surface area contributed by atoms with E-state index in [9.17, 15) is 13.2 Å². The van der Waals surface area contributed by atoms with Crippen LogP contribution >= 0.6 is 0 Å². The molecule has 0 aliphatic rings. The van der Waals surface area contributed by atoms with Gasteiger partial charge in [0.05, 0.1) is 5.56 Å². The van der Waals surface area contributed by atoms with Gasteiger partial charge in [-0.3, -0.25) is 4.98 Å². The van der Waals surface area contributed by atoms with E-state index in [4.69, 9.17) is 0 Å². The Balaban J connectivity index is 0.000000861. The molecule has 2 aromatic rings. The lowest BCUT2D eigenvalue weighted by Crippen LogP contribution is -2.09. The van der Waals surface area contributed by atoms with Gasteiger partial charge in [0.1, 0.15) is 11.4 Å². The Labute approximate surface area is 109 Å². The van der Waals surface area contributed by atoms with Crippen LogP contribution in [0.15, 0.2) is 30.6 Å². The summed E-state index contributed by atoms with van der Waals surface area (Å²) in [5.74, 6) is 0. The largest absolute Gasteiger partial charge is 0.418 e. The summed E-state index contributed by atoms with van der Waals surface area (Å²) in [5.41, 5.74) is -0.431. The van der Waals surface area contributed by atoms with E-state index in [0.29, 0.717) is 5.56 Å². The van der Waals surface area contributed by atoms with Crippen LogP contribution < -0.4 is 0 Å².